The summed E-state index contributed by atoms with van der Waals surface area (Å²) in [7, 11) is 6.44. The van der Waals surface area contributed by atoms with E-state index in [0.717, 1.165) is 11.1 Å². The van der Waals surface area contributed by atoms with Crippen molar-refractivity contribution in [2.45, 2.75) is 43.7 Å². The van der Waals surface area contributed by atoms with E-state index >= 15 is 0 Å². The molecule has 0 spiro atoms. The number of hydrogen-bond donors (Lipinski definition) is 1. The zero-order chi connectivity index (χ0) is 29.4. The number of amides is 1. The SMILES string of the molecule is COC1=CC=C2C(C(=O)C1)C(NC(=O)CC1c3ccccc3-c3ccccc31)CCC1=CC(OC)=C(OC)C(OC)C12. The van der Waals surface area contributed by atoms with Crippen LogP contribution in [-0.4, -0.2) is 52.3 Å². The van der Waals surface area contributed by atoms with E-state index in [4.69, 9.17) is 18.9 Å². The third-order valence-electron chi connectivity index (χ3n) is 9.20. The first kappa shape index (κ1) is 28.0. The zero-order valence-electron chi connectivity index (χ0n) is 24.5. The lowest BCUT2D eigenvalue weighted by molar-refractivity contribution is -0.125. The normalized spacial score (nSPS) is 25.0. The van der Waals surface area contributed by atoms with Crippen LogP contribution in [0.1, 0.15) is 42.7 Å². The van der Waals surface area contributed by atoms with Gasteiger partial charge in [0.15, 0.2) is 11.5 Å². The Balaban J connectivity index is 1.33. The van der Waals surface area contributed by atoms with E-state index < -0.39 is 12.0 Å². The van der Waals surface area contributed by atoms with Gasteiger partial charge in [-0.15, -0.1) is 0 Å². The van der Waals surface area contributed by atoms with Gasteiger partial charge in [-0.3, -0.25) is 9.59 Å². The van der Waals surface area contributed by atoms with Gasteiger partial charge in [-0.2, -0.15) is 0 Å². The number of allylic oxidation sites excluding steroid dienone is 4. The highest BCUT2D eigenvalue weighted by molar-refractivity contribution is 5.89. The molecule has 4 aliphatic carbocycles. The number of carbonyl (C=O) groups is 2. The van der Waals surface area contributed by atoms with Crippen LogP contribution in [0.5, 0.6) is 0 Å². The number of rotatable bonds is 7. The topological polar surface area (TPSA) is 83.1 Å². The standard InChI is InChI=1S/C35H37NO6/c1-39-21-14-15-26-32-20(17-30(40-2)34(41-3)35(32)42-4)13-16-28(33(26)29(37)18-21)36-31(38)19-27-24-11-7-5-9-22(24)23-10-6-8-12-25(23)27/h5-12,14-15,17,27-28,32-33,35H,13,16,18-19H2,1-4H3,(H,36,38). The first-order chi connectivity index (χ1) is 20.5. The molecule has 218 valence electrons. The van der Waals surface area contributed by atoms with Gasteiger partial charge in [0.2, 0.25) is 5.91 Å². The second kappa shape index (κ2) is 11.6. The summed E-state index contributed by atoms with van der Waals surface area (Å²) in [6.45, 7) is 0. The van der Waals surface area contributed by atoms with Gasteiger partial charge in [-0.05, 0) is 52.8 Å². The molecule has 7 heteroatoms. The number of Topliss-reactive ketones (excluding diaryl/α,β-unsaturated/α-hetero) is 1. The second-order valence-electron chi connectivity index (χ2n) is 11.3. The second-order valence-corrected chi connectivity index (χ2v) is 11.3. The lowest BCUT2D eigenvalue weighted by atomic mass is 9.75. The Kier molecular flexibility index (Phi) is 7.78. The minimum Gasteiger partial charge on any atom is -0.501 e. The van der Waals surface area contributed by atoms with Crippen LogP contribution in [0.25, 0.3) is 11.1 Å². The number of ketones is 1. The third kappa shape index (κ3) is 4.75. The molecule has 0 heterocycles. The summed E-state index contributed by atoms with van der Waals surface area (Å²) in [5.41, 5.74) is 6.68. The van der Waals surface area contributed by atoms with E-state index in [-0.39, 0.29) is 36.0 Å². The average Bonchev–Trinajstić information content (AvgIpc) is 3.11. The zero-order valence-corrected chi connectivity index (χ0v) is 24.5. The number of fused-ring (bicyclic) bond motifs is 6. The predicted octanol–water partition coefficient (Wildman–Crippen LogP) is 5.59. The van der Waals surface area contributed by atoms with Gasteiger partial charge in [0.05, 0.1) is 33.7 Å². The average molecular weight is 568 g/mol. The van der Waals surface area contributed by atoms with Crippen LogP contribution in [0.4, 0.5) is 0 Å². The summed E-state index contributed by atoms with van der Waals surface area (Å²) < 4.78 is 23.0. The van der Waals surface area contributed by atoms with Gasteiger partial charge < -0.3 is 24.3 Å². The number of nitrogens with one attached hydrogen (secondary N) is 1. The van der Waals surface area contributed by atoms with E-state index in [0.29, 0.717) is 36.5 Å². The molecule has 1 N–H and O–H groups in total. The van der Waals surface area contributed by atoms with Crippen LogP contribution in [0, 0.1) is 11.8 Å². The first-order valence-corrected chi connectivity index (χ1v) is 14.5. The lowest BCUT2D eigenvalue weighted by Gasteiger charge is -2.36. The molecule has 0 saturated heterocycles. The first-order valence-electron chi connectivity index (χ1n) is 14.5. The monoisotopic (exact) mass is 567 g/mol. The molecule has 7 nitrogen and oxygen atoms in total. The van der Waals surface area contributed by atoms with E-state index in [1.165, 1.54) is 22.3 Å². The summed E-state index contributed by atoms with van der Waals surface area (Å²) in [6, 6.07) is 16.2. The van der Waals surface area contributed by atoms with Crippen molar-refractivity contribution < 1.29 is 28.5 Å². The van der Waals surface area contributed by atoms with Crippen LogP contribution in [0.15, 0.2) is 95.2 Å². The highest BCUT2D eigenvalue weighted by Gasteiger charge is 2.47. The van der Waals surface area contributed by atoms with Gasteiger partial charge >= 0.3 is 0 Å². The van der Waals surface area contributed by atoms with E-state index in [9.17, 15) is 9.59 Å². The smallest absolute Gasteiger partial charge is 0.221 e. The minimum absolute atomic E-state index is 0.0188. The van der Waals surface area contributed by atoms with E-state index in [1.54, 1.807) is 28.4 Å². The van der Waals surface area contributed by atoms with Crippen molar-refractivity contribution in [3.63, 3.8) is 0 Å². The fraction of sp³-hybridized carbons (Fsp3) is 0.371. The van der Waals surface area contributed by atoms with Crippen molar-refractivity contribution in [2.24, 2.45) is 11.8 Å². The number of carbonyl (C=O) groups excluding carboxylic acids is 2. The largest absolute Gasteiger partial charge is 0.501 e. The van der Waals surface area contributed by atoms with Crippen molar-refractivity contribution in [3.05, 3.63) is 106 Å². The summed E-state index contributed by atoms with van der Waals surface area (Å²) in [4.78, 5) is 27.8. The summed E-state index contributed by atoms with van der Waals surface area (Å²) in [5.74, 6) is 0.945. The molecule has 1 amide bonds. The predicted molar refractivity (Wildman–Crippen MR) is 159 cm³/mol. The Morgan fingerprint density at radius 1 is 0.881 bits per heavy atom. The Labute approximate surface area is 246 Å². The van der Waals surface area contributed by atoms with E-state index in [1.807, 2.05) is 42.5 Å². The third-order valence-corrected chi connectivity index (χ3v) is 9.20. The molecule has 4 atom stereocenters. The van der Waals surface area contributed by atoms with Gasteiger partial charge in [-0.25, -0.2) is 0 Å². The molecule has 0 bridgehead atoms. The van der Waals surface area contributed by atoms with Crippen molar-refractivity contribution in [1.29, 1.82) is 0 Å². The molecule has 6 rings (SSSR count). The molecule has 2 aromatic rings. The quantitative estimate of drug-likeness (QED) is 0.470. The summed E-state index contributed by atoms with van der Waals surface area (Å²) >= 11 is 0. The number of methoxy groups -OCH3 is 4. The van der Waals surface area contributed by atoms with Crippen LogP contribution in [-0.2, 0) is 28.5 Å². The molecular formula is C35H37NO6. The highest BCUT2D eigenvalue weighted by Crippen LogP contribution is 2.48. The summed E-state index contributed by atoms with van der Waals surface area (Å²) in [5, 5.41) is 3.32. The molecule has 1 saturated carbocycles. The number of benzene rings is 2. The lowest BCUT2D eigenvalue weighted by Crippen LogP contribution is -2.45. The molecule has 2 aromatic carbocycles. The van der Waals surface area contributed by atoms with Crippen LogP contribution in [0.3, 0.4) is 0 Å². The van der Waals surface area contributed by atoms with Crippen LogP contribution < -0.4 is 5.32 Å². The molecular weight excluding hydrogens is 530 g/mol. The van der Waals surface area contributed by atoms with Crippen LogP contribution in [0.2, 0.25) is 0 Å². The summed E-state index contributed by atoms with van der Waals surface area (Å²) in [6.07, 6.45) is 7.15. The molecule has 42 heavy (non-hydrogen) atoms. The van der Waals surface area contributed by atoms with Crippen LogP contribution >= 0.6 is 0 Å². The van der Waals surface area contributed by atoms with Crippen molar-refractivity contribution >= 4 is 11.7 Å². The molecule has 0 aromatic heterocycles. The highest BCUT2D eigenvalue weighted by atomic mass is 16.5. The fourth-order valence-electron chi connectivity index (χ4n) is 7.34. The number of ether oxygens (including phenoxy) is 4. The van der Waals surface area contributed by atoms with Gasteiger partial charge in [0.25, 0.3) is 0 Å². The Bertz CT molecular complexity index is 1490. The Morgan fingerprint density at radius 2 is 1.57 bits per heavy atom. The van der Waals surface area contributed by atoms with Crippen molar-refractivity contribution in [3.8, 4) is 11.1 Å². The van der Waals surface area contributed by atoms with Crippen molar-refractivity contribution in [2.75, 3.05) is 28.4 Å². The van der Waals surface area contributed by atoms with Gasteiger partial charge in [0.1, 0.15) is 17.6 Å². The maximum absolute atomic E-state index is 13.9. The molecule has 4 aliphatic rings. The Morgan fingerprint density at radius 3 is 2.19 bits per heavy atom. The Hall–Kier alpha value is -4.10. The van der Waals surface area contributed by atoms with E-state index in [2.05, 4.69) is 29.6 Å². The van der Waals surface area contributed by atoms with Gasteiger partial charge in [-0.1, -0.05) is 60.2 Å². The fourth-order valence-corrected chi connectivity index (χ4v) is 7.34. The molecule has 4 unspecified atom stereocenters. The van der Waals surface area contributed by atoms with Gasteiger partial charge in [0, 0.05) is 31.4 Å². The maximum Gasteiger partial charge on any atom is 0.221 e. The number of hydrogen-bond acceptors (Lipinski definition) is 6. The molecule has 1 fully saturated rings. The molecule has 0 aliphatic heterocycles. The minimum atomic E-state index is -0.531. The van der Waals surface area contributed by atoms with Crippen molar-refractivity contribution in [1.82, 2.24) is 5.32 Å². The molecule has 0 radical (unpaired) electrons. The maximum atomic E-state index is 13.9.